The molecule has 0 bridgehead atoms. The number of oxime groups is 1. The lowest BCUT2D eigenvalue weighted by Crippen LogP contribution is -2.64. The van der Waals surface area contributed by atoms with Gasteiger partial charge in [0.25, 0.3) is 5.91 Å². The molecule has 2 saturated heterocycles. The zero-order chi connectivity index (χ0) is 37.2. The largest absolute Gasteiger partial charge is 0.543 e. The number of amides is 2. The molecule has 1 aromatic heterocycles. The number of aromatic hydroxyl groups is 2. The highest BCUT2D eigenvalue weighted by molar-refractivity contribution is 8.00. The topological polar surface area (TPSA) is 245 Å². The molecule has 274 valence electrons. The third-order valence-electron chi connectivity index (χ3n) is 9.14. The summed E-state index contributed by atoms with van der Waals surface area (Å²) in [5.74, 6) is -6.72. The fourth-order valence-corrected chi connectivity index (χ4v) is 8.72. The minimum atomic E-state index is -1.51. The van der Waals surface area contributed by atoms with Gasteiger partial charge in [-0.15, -0.1) is 23.1 Å². The fraction of sp³-hybridized carbons (Fsp3) is 0.469. The van der Waals surface area contributed by atoms with Crippen LogP contribution in [0.2, 0.25) is 5.02 Å². The molecule has 2 aromatic rings. The first-order chi connectivity index (χ1) is 24.1. The number of carboxylic acids is 2. The number of halogens is 1. The number of phenols is 2. The van der Waals surface area contributed by atoms with Crippen molar-refractivity contribution < 1.29 is 53.7 Å². The van der Waals surface area contributed by atoms with Crippen LogP contribution in [0.1, 0.15) is 49.2 Å². The second-order valence-corrected chi connectivity index (χ2v) is 15.3. The number of phenolic OH excluding ortho intramolecular Hbond substituents is 2. The Morgan fingerprint density at radius 2 is 1.94 bits per heavy atom. The number of carbonyl (C=O) groups is 5. The van der Waals surface area contributed by atoms with E-state index in [0.717, 1.165) is 35.1 Å². The first-order valence-corrected chi connectivity index (χ1v) is 18.4. The number of anilines is 1. The van der Waals surface area contributed by atoms with E-state index >= 15 is 0 Å². The summed E-state index contributed by atoms with van der Waals surface area (Å²) in [6, 6.07) is 2.45. The average Bonchev–Trinajstić information content (AvgIpc) is 3.72. The number of aromatic nitrogens is 1. The lowest BCUT2D eigenvalue weighted by molar-refractivity contribution is -0.911. The van der Waals surface area contributed by atoms with Crippen LogP contribution in [-0.4, -0.2) is 115 Å². The molecule has 0 spiro atoms. The number of hydrogen-bond acceptors (Lipinski definition) is 14. The van der Waals surface area contributed by atoms with Crippen LogP contribution >= 0.6 is 34.7 Å². The molecule has 51 heavy (non-hydrogen) atoms. The SMILES string of the molecule is CC(C)[C@H](O/N=C(/C(=O)C[C@@H]1C(=O)N2C(C(=O)[O-])=C(C[N+]3(CCNC(=O)c4ccc(O)c(O)c4Cl)CCCC3)CS[C@H]12)c1csc(N)n1)C(=O)O. The number of fused-ring (bicyclic) bond motifs is 1. The van der Waals surface area contributed by atoms with Crippen LogP contribution in [0.3, 0.4) is 0 Å². The Labute approximate surface area is 305 Å². The summed E-state index contributed by atoms with van der Waals surface area (Å²) >= 11 is 8.40. The lowest BCUT2D eigenvalue weighted by atomic mass is 9.89. The van der Waals surface area contributed by atoms with E-state index in [0.29, 0.717) is 36.2 Å². The van der Waals surface area contributed by atoms with Gasteiger partial charge in [0.15, 0.2) is 28.1 Å². The summed E-state index contributed by atoms with van der Waals surface area (Å²) in [6.07, 6.45) is 0.0532. The molecule has 6 N–H and O–H groups in total. The number of nitrogens with two attached hydrogens (primary N) is 1. The highest BCUT2D eigenvalue weighted by atomic mass is 35.5. The molecule has 2 amide bonds. The van der Waals surface area contributed by atoms with Crippen molar-refractivity contribution in [1.29, 1.82) is 0 Å². The smallest absolute Gasteiger partial charge is 0.348 e. The van der Waals surface area contributed by atoms with Crippen molar-refractivity contribution in [2.24, 2.45) is 17.0 Å². The maximum absolute atomic E-state index is 13.6. The van der Waals surface area contributed by atoms with Crippen LogP contribution in [-0.2, 0) is 24.0 Å². The molecule has 1 aromatic carbocycles. The van der Waals surface area contributed by atoms with Gasteiger partial charge in [0.05, 0.1) is 59.7 Å². The van der Waals surface area contributed by atoms with Gasteiger partial charge in [-0.1, -0.05) is 30.6 Å². The van der Waals surface area contributed by atoms with Crippen molar-refractivity contribution in [3.8, 4) is 11.5 Å². The maximum atomic E-state index is 13.6. The Bertz CT molecular complexity index is 1810. The highest BCUT2D eigenvalue weighted by Crippen LogP contribution is 2.46. The molecule has 0 aliphatic carbocycles. The van der Waals surface area contributed by atoms with Crippen LogP contribution in [0.15, 0.2) is 33.9 Å². The number of Topliss-reactive ketones (excluding diaryl/α,β-unsaturated/α-hetero) is 1. The molecule has 0 saturated carbocycles. The van der Waals surface area contributed by atoms with Gasteiger partial charge in [-0.2, -0.15) is 0 Å². The van der Waals surface area contributed by atoms with Crippen molar-refractivity contribution in [3.05, 3.63) is 45.1 Å². The zero-order valence-corrected chi connectivity index (χ0v) is 30.1. The second-order valence-electron chi connectivity index (χ2n) is 12.9. The predicted molar refractivity (Wildman–Crippen MR) is 185 cm³/mol. The van der Waals surface area contributed by atoms with Crippen molar-refractivity contribution in [2.45, 2.75) is 44.6 Å². The standard InChI is InChI=1S/C32H37ClN6O10S2/c1-15(2)26(31(47)48)49-37-23(19-14-51-32(34)36-19)21(41)11-18-28(44)38-24(30(45)46)16(13-50-29(18)38)12-39(8-3-4-9-39)10-7-35-27(43)17-5-6-20(40)25(42)22(17)33/h5-6,14-15,18,26,29H,3-4,7-13H2,1-2H3,(H6-,34,35,36,37,40,41,42,43,45,46,47,48)/t18-,26+,29-/m1/s1. The van der Waals surface area contributed by atoms with Gasteiger partial charge in [-0.3, -0.25) is 19.3 Å². The van der Waals surface area contributed by atoms with Crippen LogP contribution in [0.5, 0.6) is 11.5 Å². The van der Waals surface area contributed by atoms with E-state index in [9.17, 15) is 44.4 Å². The van der Waals surface area contributed by atoms with Crippen molar-refractivity contribution in [1.82, 2.24) is 15.2 Å². The first-order valence-electron chi connectivity index (χ1n) is 16.1. The molecule has 0 unspecified atom stereocenters. The zero-order valence-electron chi connectivity index (χ0n) is 27.7. The summed E-state index contributed by atoms with van der Waals surface area (Å²) in [6.45, 7) is 5.60. The summed E-state index contributed by atoms with van der Waals surface area (Å²) in [5.41, 5.74) is 5.80. The molecule has 19 heteroatoms. The number of nitrogens with zero attached hydrogens (tertiary/aromatic N) is 4. The number of thiazole rings is 1. The van der Waals surface area contributed by atoms with Crippen molar-refractivity contribution >= 4 is 75.1 Å². The van der Waals surface area contributed by atoms with E-state index in [1.807, 2.05) is 0 Å². The fourth-order valence-electron chi connectivity index (χ4n) is 6.53. The maximum Gasteiger partial charge on any atom is 0.348 e. The highest BCUT2D eigenvalue weighted by Gasteiger charge is 2.53. The minimum absolute atomic E-state index is 0.0115. The number of quaternary nitrogens is 1. The Hall–Kier alpha value is -4.39. The molecule has 2 fully saturated rings. The number of thioether (sulfide) groups is 1. The van der Waals surface area contributed by atoms with E-state index in [4.69, 9.17) is 22.2 Å². The van der Waals surface area contributed by atoms with E-state index in [1.54, 1.807) is 13.8 Å². The lowest BCUT2D eigenvalue weighted by Gasteiger charge is -2.51. The molecule has 5 rings (SSSR count). The van der Waals surface area contributed by atoms with Gasteiger partial charge in [0.2, 0.25) is 12.0 Å². The van der Waals surface area contributed by atoms with Crippen molar-refractivity contribution in [3.63, 3.8) is 0 Å². The number of rotatable bonds is 15. The van der Waals surface area contributed by atoms with Gasteiger partial charge in [-0.05, 0) is 12.1 Å². The van der Waals surface area contributed by atoms with Crippen LogP contribution < -0.4 is 16.2 Å². The Morgan fingerprint density at radius 3 is 2.55 bits per heavy atom. The number of hydrogen-bond donors (Lipinski definition) is 5. The van der Waals surface area contributed by atoms with E-state index in [1.165, 1.54) is 23.2 Å². The Balaban J connectivity index is 1.29. The number of nitrogen functional groups attached to an aromatic ring is 1. The van der Waals surface area contributed by atoms with Gasteiger partial charge in [-0.25, -0.2) is 9.78 Å². The number of β-lactam (4-membered cyclic amide) rings is 1. The average molecular weight is 765 g/mol. The monoisotopic (exact) mass is 764 g/mol. The molecule has 3 aliphatic rings. The molecule has 3 aliphatic heterocycles. The molecular formula is C32H37ClN6O10S2. The van der Waals surface area contributed by atoms with Gasteiger partial charge < -0.3 is 45.6 Å². The van der Waals surface area contributed by atoms with Crippen LogP contribution in [0.4, 0.5) is 5.13 Å². The molecular weight excluding hydrogens is 728 g/mol. The van der Waals surface area contributed by atoms with E-state index < -0.39 is 64.3 Å². The number of carboxylic acid groups (broad SMARTS) is 2. The summed E-state index contributed by atoms with van der Waals surface area (Å²) < 4.78 is 0.459. The molecule has 16 nitrogen and oxygen atoms in total. The van der Waals surface area contributed by atoms with E-state index in [-0.39, 0.29) is 51.5 Å². The first kappa shape index (κ1) is 37.9. The minimum Gasteiger partial charge on any atom is -0.543 e. The Morgan fingerprint density at radius 1 is 1.24 bits per heavy atom. The van der Waals surface area contributed by atoms with Gasteiger partial charge >= 0.3 is 5.97 Å². The number of aliphatic carboxylic acids is 2. The third kappa shape index (κ3) is 7.93. The normalized spacial score (nSPS) is 20.5. The molecule has 3 atom stereocenters. The third-order valence-corrected chi connectivity index (χ3v) is 11.6. The quantitative estimate of drug-likeness (QED) is 0.0563. The second kappa shape index (κ2) is 15.5. The molecule has 0 radical (unpaired) electrons. The molecule has 4 heterocycles. The van der Waals surface area contributed by atoms with Gasteiger partial charge in [0.1, 0.15) is 12.2 Å². The number of ketones is 1. The van der Waals surface area contributed by atoms with E-state index in [2.05, 4.69) is 15.5 Å². The number of carbonyl (C=O) groups excluding carboxylic acids is 4. The van der Waals surface area contributed by atoms with Crippen molar-refractivity contribution in [2.75, 3.05) is 44.2 Å². The summed E-state index contributed by atoms with van der Waals surface area (Å²) in [7, 11) is 0. The number of benzene rings is 1. The summed E-state index contributed by atoms with van der Waals surface area (Å²) in [5, 5.41) is 48.8. The number of nitrogens with one attached hydrogen (secondary N) is 1. The number of likely N-dealkylation sites (tertiary alicyclic amines) is 1. The van der Waals surface area contributed by atoms with Crippen LogP contribution in [0.25, 0.3) is 0 Å². The Kier molecular flexibility index (Phi) is 11.5. The summed E-state index contributed by atoms with van der Waals surface area (Å²) in [4.78, 5) is 74.6. The predicted octanol–water partition coefficient (Wildman–Crippen LogP) is 1.15. The van der Waals surface area contributed by atoms with Crippen LogP contribution in [0, 0.1) is 11.8 Å². The van der Waals surface area contributed by atoms with Gasteiger partial charge in [0, 0.05) is 41.9 Å².